The minimum Gasteiger partial charge on any atom is -0.462 e. The zero-order chi connectivity index (χ0) is 16.3. The number of carbonyl (C=O) groups excluding carboxylic acids is 2. The van der Waals surface area contributed by atoms with Gasteiger partial charge in [0.05, 0.1) is 12.2 Å². The largest absolute Gasteiger partial charge is 0.462 e. The highest BCUT2D eigenvalue weighted by molar-refractivity contribution is 7.16. The predicted octanol–water partition coefficient (Wildman–Crippen LogP) is 2.94. The second kappa shape index (κ2) is 6.74. The van der Waals surface area contributed by atoms with E-state index < -0.39 is 12.0 Å². The lowest BCUT2D eigenvalue weighted by molar-refractivity contribution is -0.119. The Kier molecular flexibility index (Phi) is 4.97. The van der Waals surface area contributed by atoms with Crippen molar-refractivity contribution < 1.29 is 14.3 Å². The number of thiophene rings is 1. The normalized spacial score (nSPS) is 12.0. The molecule has 1 amide bonds. The maximum Gasteiger partial charge on any atom is 0.341 e. The van der Waals surface area contributed by atoms with Crippen LogP contribution in [0.5, 0.6) is 0 Å². The number of aromatic nitrogens is 2. The molecule has 0 bridgehead atoms. The van der Waals surface area contributed by atoms with Crippen LogP contribution in [0.15, 0.2) is 18.5 Å². The molecule has 2 aromatic heterocycles. The van der Waals surface area contributed by atoms with Crippen molar-refractivity contribution in [2.75, 3.05) is 11.9 Å². The number of carbonyl (C=O) groups is 2. The fraction of sp³-hybridized carbons (Fsp3) is 0.400. The number of hydrogen-bond acceptors (Lipinski definition) is 5. The third kappa shape index (κ3) is 3.19. The van der Waals surface area contributed by atoms with Crippen LogP contribution in [0.3, 0.4) is 0 Å². The molecule has 2 rings (SSSR count). The van der Waals surface area contributed by atoms with Crippen LogP contribution < -0.4 is 5.32 Å². The van der Waals surface area contributed by atoms with Gasteiger partial charge < -0.3 is 10.1 Å². The van der Waals surface area contributed by atoms with Crippen LogP contribution in [0.1, 0.15) is 40.7 Å². The molecule has 6 nitrogen and oxygen atoms in total. The highest BCUT2D eigenvalue weighted by atomic mass is 32.1. The average molecular weight is 321 g/mol. The summed E-state index contributed by atoms with van der Waals surface area (Å²) in [6.45, 7) is 7.56. The van der Waals surface area contributed by atoms with Gasteiger partial charge in [-0.15, -0.1) is 11.3 Å². The van der Waals surface area contributed by atoms with E-state index in [9.17, 15) is 9.59 Å². The van der Waals surface area contributed by atoms with Crippen molar-refractivity contribution in [3.8, 4) is 0 Å². The molecule has 0 aliphatic rings. The number of anilines is 1. The lowest BCUT2D eigenvalue weighted by Gasteiger charge is -2.12. The average Bonchev–Trinajstić information content (AvgIpc) is 3.08. The molecule has 0 aliphatic heterocycles. The molecule has 1 N–H and O–H groups in total. The van der Waals surface area contributed by atoms with Crippen LogP contribution in [0.25, 0.3) is 0 Å². The van der Waals surface area contributed by atoms with Gasteiger partial charge in [0.25, 0.3) is 0 Å². The number of nitrogens with zero attached hydrogens (tertiary/aromatic N) is 2. The first-order chi connectivity index (χ1) is 10.5. The quantitative estimate of drug-likeness (QED) is 0.859. The van der Waals surface area contributed by atoms with E-state index in [1.54, 1.807) is 37.0 Å². The van der Waals surface area contributed by atoms with Crippen LogP contribution in [0.2, 0.25) is 0 Å². The molecule has 0 spiro atoms. The number of ether oxygens (including phenoxy) is 1. The number of amides is 1. The second-order valence-electron chi connectivity index (χ2n) is 4.86. The molecule has 0 aromatic carbocycles. The smallest absolute Gasteiger partial charge is 0.341 e. The van der Waals surface area contributed by atoms with Gasteiger partial charge in [0.1, 0.15) is 11.0 Å². The van der Waals surface area contributed by atoms with Crippen LogP contribution in [-0.2, 0) is 9.53 Å². The summed E-state index contributed by atoms with van der Waals surface area (Å²) >= 11 is 1.38. The van der Waals surface area contributed by atoms with Crippen molar-refractivity contribution in [1.82, 2.24) is 9.78 Å². The van der Waals surface area contributed by atoms with E-state index in [2.05, 4.69) is 10.4 Å². The van der Waals surface area contributed by atoms with Gasteiger partial charge in [-0.05, 0) is 39.3 Å². The maximum atomic E-state index is 12.3. The summed E-state index contributed by atoms with van der Waals surface area (Å²) in [5.41, 5.74) is 1.27. The first kappa shape index (κ1) is 16.2. The SMILES string of the molecule is CCOC(=O)c1c(NC(=O)C(C)n2cccn2)sc(C)c1C. The molecule has 1 unspecified atom stereocenters. The highest BCUT2D eigenvalue weighted by Gasteiger charge is 2.24. The minimum absolute atomic E-state index is 0.226. The predicted molar refractivity (Wildman–Crippen MR) is 85.3 cm³/mol. The number of aryl methyl sites for hydroxylation is 1. The lowest BCUT2D eigenvalue weighted by atomic mass is 10.1. The van der Waals surface area contributed by atoms with E-state index >= 15 is 0 Å². The fourth-order valence-electron chi connectivity index (χ4n) is 2.01. The Hall–Kier alpha value is -2.15. The van der Waals surface area contributed by atoms with Crippen LogP contribution >= 0.6 is 11.3 Å². The molecule has 0 saturated heterocycles. The standard InChI is InChI=1S/C15H19N3O3S/c1-5-21-15(20)12-9(2)11(4)22-14(12)17-13(19)10(3)18-8-6-7-16-18/h6-8,10H,5H2,1-4H3,(H,17,19). The summed E-state index contributed by atoms with van der Waals surface area (Å²) < 4.78 is 6.64. The lowest BCUT2D eigenvalue weighted by Crippen LogP contribution is -2.24. The molecule has 0 radical (unpaired) electrons. The topological polar surface area (TPSA) is 73.2 Å². The van der Waals surface area contributed by atoms with E-state index in [1.165, 1.54) is 11.3 Å². The van der Waals surface area contributed by atoms with Gasteiger partial charge in [0.2, 0.25) is 5.91 Å². The zero-order valence-corrected chi connectivity index (χ0v) is 13.9. The molecular formula is C15H19N3O3S. The Morgan fingerprint density at radius 2 is 2.18 bits per heavy atom. The Morgan fingerprint density at radius 3 is 2.77 bits per heavy atom. The molecule has 22 heavy (non-hydrogen) atoms. The molecule has 0 fully saturated rings. The van der Waals surface area contributed by atoms with Crippen molar-refractivity contribution >= 4 is 28.2 Å². The van der Waals surface area contributed by atoms with Crippen LogP contribution in [0.4, 0.5) is 5.00 Å². The molecule has 7 heteroatoms. The summed E-state index contributed by atoms with van der Waals surface area (Å²) in [4.78, 5) is 25.4. The number of rotatable bonds is 5. The van der Waals surface area contributed by atoms with Gasteiger partial charge in [0, 0.05) is 17.3 Å². The van der Waals surface area contributed by atoms with Crippen molar-refractivity contribution in [1.29, 1.82) is 0 Å². The third-order valence-corrected chi connectivity index (χ3v) is 4.53. The van der Waals surface area contributed by atoms with Crippen molar-refractivity contribution in [2.24, 2.45) is 0 Å². The molecule has 0 saturated carbocycles. The van der Waals surface area contributed by atoms with Crippen LogP contribution in [-0.4, -0.2) is 28.3 Å². The van der Waals surface area contributed by atoms with Gasteiger partial charge in [-0.1, -0.05) is 0 Å². The molecule has 2 aromatic rings. The summed E-state index contributed by atoms with van der Waals surface area (Å²) in [6, 6.07) is 1.29. The Morgan fingerprint density at radius 1 is 1.45 bits per heavy atom. The first-order valence-corrected chi connectivity index (χ1v) is 7.84. The Labute approximate surface area is 133 Å². The van der Waals surface area contributed by atoms with Gasteiger partial charge in [-0.3, -0.25) is 9.48 Å². The van der Waals surface area contributed by atoms with Crippen LogP contribution in [0, 0.1) is 13.8 Å². The Balaban J connectivity index is 2.24. The third-order valence-electron chi connectivity index (χ3n) is 3.40. The summed E-state index contributed by atoms with van der Waals surface area (Å²) in [6.07, 6.45) is 3.34. The van der Waals surface area contributed by atoms with Gasteiger partial charge in [-0.2, -0.15) is 5.10 Å². The molecule has 0 aliphatic carbocycles. The van der Waals surface area contributed by atoms with Crippen molar-refractivity contribution in [3.63, 3.8) is 0 Å². The molecular weight excluding hydrogens is 302 g/mol. The molecule has 118 valence electrons. The summed E-state index contributed by atoms with van der Waals surface area (Å²) in [7, 11) is 0. The number of esters is 1. The number of nitrogens with one attached hydrogen (secondary N) is 1. The first-order valence-electron chi connectivity index (χ1n) is 7.02. The van der Waals surface area contributed by atoms with E-state index in [0.29, 0.717) is 17.2 Å². The van der Waals surface area contributed by atoms with Gasteiger partial charge in [0.15, 0.2) is 0 Å². The summed E-state index contributed by atoms with van der Waals surface area (Å²) in [5, 5.41) is 7.40. The van der Waals surface area contributed by atoms with Gasteiger partial charge in [-0.25, -0.2) is 4.79 Å². The minimum atomic E-state index is -0.465. The molecule has 1 atom stereocenters. The van der Waals surface area contributed by atoms with Gasteiger partial charge >= 0.3 is 5.97 Å². The van der Waals surface area contributed by atoms with E-state index in [-0.39, 0.29) is 5.91 Å². The second-order valence-corrected chi connectivity index (χ2v) is 6.08. The zero-order valence-electron chi connectivity index (χ0n) is 13.0. The monoisotopic (exact) mass is 321 g/mol. The number of hydrogen-bond donors (Lipinski definition) is 1. The highest BCUT2D eigenvalue weighted by Crippen LogP contribution is 2.33. The van der Waals surface area contributed by atoms with Crippen molar-refractivity contribution in [2.45, 2.75) is 33.7 Å². The van der Waals surface area contributed by atoms with E-state index in [0.717, 1.165) is 10.4 Å². The van der Waals surface area contributed by atoms with E-state index in [4.69, 9.17) is 4.74 Å². The summed E-state index contributed by atoms with van der Waals surface area (Å²) in [5.74, 6) is -0.637. The van der Waals surface area contributed by atoms with E-state index in [1.807, 2.05) is 13.8 Å². The fourth-order valence-corrected chi connectivity index (χ4v) is 3.06. The van der Waals surface area contributed by atoms with Crippen molar-refractivity contribution in [3.05, 3.63) is 34.5 Å². The maximum absolute atomic E-state index is 12.3. The molecule has 2 heterocycles. The Bertz CT molecular complexity index is 677.